The first-order valence-electron chi connectivity index (χ1n) is 6.33. The van der Waals surface area contributed by atoms with Crippen molar-refractivity contribution in [2.45, 2.75) is 20.3 Å². The van der Waals surface area contributed by atoms with Crippen LogP contribution in [0, 0.1) is 11.8 Å². The van der Waals surface area contributed by atoms with Gasteiger partial charge in [-0.15, -0.1) is 0 Å². The maximum absolute atomic E-state index is 6.33. The van der Waals surface area contributed by atoms with E-state index in [0.717, 1.165) is 35.3 Å². The van der Waals surface area contributed by atoms with E-state index in [4.69, 9.17) is 29.6 Å². The van der Waals surface area contributed by atoms with Gasteiger partial charge < -0.3 is 10.6 Å². The van der Waals surface area contributed by atoms with Gasteiger partial charge in [0.25, 0.3) is 0 Å². The van der Waals surface area contributed by atoms with Gasteiger partial charge in [-0.25, -0.2) is 0 Å². The van der Waals surface area contributed by atoms with E-state index in [1.807, 2.05) is 18.2 Å². The quantitative estimate of drug-likeness (QED) is 0.843. The van der Waals surface area contributed by atoms with Crippen molar-refractivity contribution < 1.29 is 0 Å². The molecule has 2 nitrogen and oxygen atoms in total. The number of halogens is 1. The SMILES string of the molecule is CC1CCN(c2ccc(C(N)=S)cc2Cl)CC1C. The molecule has 1 saturated heterocycles. The van der Waals surface area contributed by atoms with Gasteiger partial charge in [0.15, 0.2) is 0 Å². The highest BCUT2D eigenvalue weighted by atomic mass is 35.5. The average Bonchev–Trinajstić information content (AvgIpc) is 2.32. The van der Waals surface area contributed by atoms with Gasteiger partial charge in [-0.3, -0.25) is 0 Å². The summed E-state index contributed by atoms with van der Waals surface area (Å²) in [6.07, 6.45) is 1.22. The molecule has 1 heterocycles. The molecule has 1 aromatic carbocycles. The minimum Gasteiger partial charge on any atom is -0.389 e. The van der Waals surface area contributed by atoms with Crippen LogP contribution in [0.4, 0.5) is 5.69 Å². The topological polar surface area (TPSA) is 29.3 Å². The van der Waals surface area contributed by atoms with Gasteiger partial charge in [0, 0.05) is 18.7 Å². The Hall–Kier alpha value is -0.800. The molecule has 2 unspecified atom stereocenters. The third-order valence-electron chi connectivity index (χ3n) is 3.91. The van der Waals surface area contributed by atoms with Crippen molar-refractivity contribution in [3.63, 3.8) is 0 Å². The number of hydrogen-bond acceptors (Lipinski definition) is 2. The molecule has 0 saturated carbocycles. The maximum Gasteiger partial charge on any atom is 0.104 e. The van der Waals surface area contributed by atoms with Gasteiger partial charge in [0.05, 0.1) is 10.7 Å². The molecule has 1 aliphatic heterocycles. The Morgan fingerprint density at radius 1 is 1.39 bits per heavy atom. The van der Waals surface area contributed by atoms with E-state index in [9.17, 15) is 0 Å². The zero-order valence-corrected chi connectivity index (χ0v) is 12.4. The molecule has 0 aromatic heterocycles. The molecule has 0 amide bonds. The van der Waals surface area contributed by atoms with E-state index in [1.165, 1.54) is 6.42 Å². The van der Waals surface area contributed by atoms with Gasteiger partial charge >= 0.3 is 0 Å². The molecule has 1 fully saturated rings. The van der Waals surface area contributed by atoms with Crippen molar-refractivity contribution in [3.8, 4) is 0 Å². The molecule has 1 aliphatic rings. The van der Waals surface area contributed by atoms with Crippen molar-refractivity contribution in [3.05, 3.63) is 28.8 Å². The summed E-state index contributed by atoms with van der Waals surface area (Å²) in [6.45, 7) is 6.75. The summed E-state index contributed by atoms with van der Waals surface area (Å²) < 4.78 is 0. The zero-order valence-electron chi connectivity index (χ0n) is 10.8. The van der Waals surface area contributed by atoms with E-state index in [0.29, 0.717) is 10.9 Å². The number of nitrogens with zero attached hydrogens (tertiary/aromatic N) is 1. The van der Waals surface area contributed by atoms with Crippen LogP contribution in [0.1, 0.15) is 25.8 Å². The van der Waals surface area contributed by atoms with Crippen LogP contribution in [0.25, 0.3) is 0 Å². The molecule has 1 aromatic rings. The van der Waals surface area contributed by atoms with Crippen LogP contribution in [0.5, 0.6) is 0 Å². The van der Waals surface area contributed by atoms with Crippen LogP contribution in [0.3, 0.4) is 0 Å². The van der Waals surface area contributed by atoms with Gasteiger partial charge in [-0.1, -0.05) is 37.7 Å². The van der Waals surface area contributed by atoms with Crippen LogP contribution in [-0.2, 0) is 0 Å². The Balaban J connectivity index is 2.21. The van der Waals surface area contributed by atoms with Crippen LogP contribution < -0.4 is 10.6 Å². The summed E-state index contributed by atoms with van der Waals surface area (Å²) in [5, 5.41) is 0.738. The lowest BCUT2D eigenvalue weighted by atomic mass is 9.88. The molecule has 2 rings (SSSR count). The highest BCUT2D eigenvalue weighted by molar-refractivity contribution is 7.80. The minimum absolute atomic E-state index is 0.393. The fraction of sp³-hybridized carbons (Fsp3) is 0.500. The number of hydrogen-bond donors (Lipinski definition) is 1. The van der Waals surface area contributed by atoms with Crippen LogP contribution in [0.2, 0.25) is 5.02 Å². The number of piperidine rings is 1. The lowest BCUT2D eigenvalue weighted by Crippen LogP contribution is -2.38. The summed E-state index contributed by atoms with van der Waals surface area (Å²) in [5.41, 5.74) is 7.53. The van der Waals surface area contributed by atoms with Crippen LogP contribution in [0.15, 0.2) is 18.2 Å². The molecule has 0 spiro atoms. The summed E-state index contributed by atoms with van der Waals surface area (Å²) >= 11 is 11.3. The van der Waals surface area contributed by atoms with Gasteiger partial charge in [0.1, 0.15) is 4.99 Å². The minimum atomic E-state index is 0.393. The number of anilines is 1. The standard InChI is InChI=1S/C14H19ClN2S/c1-9-5-6-17(8-10(9)2)13-4-3-11(14(16)18)7-12(13)15/h3-4,7,9-10H,5-6,8H2,1-2H3,(H2,16,18). The molecule has 4 heteroatoms. The normalized spacial score (nSPS) is 24.1. The third-order valence-corrected chi connectivity index (χ3v) is 4.45. The number of nitrogens with two attached hydrogens (primary N) is 1. The van der Waals surface area contributed by atoms with E-state index in [1.54, 1.807) is 0 Å². The summed E-state index contributed by atoms with van der Waals surface area (Å²) in [4.78, 5) is 2.75. The van der Waals surface area contributed by atoms with E-state index in [-0.39, 0.29) is 0 Å². The Bertz CT molecular complexity index is 461. The van der Waals surface area contributed by atoms with Crippen LogP contribution in [-0.4, -0.2) is 18.1 Å². The van der Waals surface area contributed by atoms with E-state index < -0.39 is 0 Å². The molecule has 0 radical (unpaired) electrons. The first kappa shape index (κ1) is 13.6. The second kappa shape index (κ2) is 5.45. The second-order valence-electron chi connectivity index (χ2n) is 5.22. The highest BCUT2D eigenvalue weighted by Crippen LogP contribution is 2.32. The number of thiocarbonyl (C=S) groups is 1. The highest BCUT2D eigenvalue weighted by Gasteiger charge is 2.24. The molecule has 18 heavy (non-hydrogen) atoms. The number of benzene rings is 1. The van der Waals surface area contributed by atoms with E-state index >= 15 is 0 Å². The number of rotatable bonds is 2. The lowest BCUT2D eigenvalue weighted by molar-refractivity contribution is 0.324. The lowest BCUT2D eigenvalue weighted by Gasteiger charge is -2.37. The predicted octanol–water partition coefficient (Wildman–Crippen LogP) is 3.46. The zero-order chi connectivity index (χ0) is 13.3. The molecular weight excluding hydrogens is 264 g/mol. The molecule has 2 N–H and O–H groups in total. The maximum atomic E-state index is 6.33. The second-order valence-corrected chi connectivity index (χ2v) is 6.07. The fourth-order valence-electron chi connectivity index (χ4n) is 2.40. The Labute approximate surface area is 119 Å². The van der Waals surface area contributed by atoms with Crippen molar-refractivity contribution in [2.75, 3.05) is 18.0 Å². The van der Waals surface area contributed by atoms with E-state index in [2.05, 4.69) is 18.7 Å². The predicted molar refractivity (Wildman–Crippen MR) is 82.5 cm³/mol. The summed E-state index contributed by atoms with van der Waals surface area (Å²) in [6, 6.07) is 5.84. The first-order valence-corrected chi connectivity index (χ1v) is 7.12. The third kappa shape index (κ3) is 2.78. The Kier molecular flexibility index (Phi) is 4.13. The Morgan fingerprint density at radius 3 is 2.67 bits per heavy atom. The molecule has 2 atom stereocenters. The van der Waals surface area contributed by atoms with Crippen molar-refractivity contribution in [1.29, 1.82) is 0 Å². The molecule has 98 valence electrons. The smallest absolute Gasteiger partial charge is 0.104 e. The average molecular weight is 283 g/mol. The van der Waals surface area contributed by atoms with Crippen LogP contribution >= 0.6 is 23.8 Å². The summed E-state index contributed by atoms with van der Waals surface area (Å²) in [5.74, 6) is 1.49. The summed E-state index contributed by atoms with van der Waals surface area (Å²) in [7, 11) is 0. The monoisotopic (exact) mass is 282 g/mol. The van der Waals surface area contributed by atoms with Gasteiger partial charge in [-0.05, 0) is 36.5 Å². The molecule has 0 bridgehead atoms. The largest absolute Gasteiger partial charge is 0.389 e. The van der Waals surface area contributed by atoms with Gasteiger partial charge in [0.2, 0.25) is 0 Å². The molecular formula is C14H19ClN2S. The fourth-order valence-corrected chi connectivity index (χ4v) is 2.83. The van der Waals surface area contributed by atoms with Crippen molar-refractivity contribution in [2.24, 2.45) is 17.6 Å². The van der Waals surface area contributed by atoms with Crippen molar-refractivity contribution in [1.82, 2.24) is 0 Å². The Morgan fingerprint density at radius 2 is 2.11 bits per heavy atom. The molecule has 0 aliphatic carbocycles. The first-order chi connectivity index (χ1) is 8.49. The van der Waals surface area contributed by atoms with Gasteiger partial charge in [-0.2, -0.15) is 0 Å². The van der Waals surface area contributed by atoms with Crippen molar-refractivity contribution >= 4 is 34.5 Å².